The van der Waals surface area contributed by atoms with Crippen molar-refractivity contribution in [3.8, 4) is 22.6 Å². The Hall–Kier alpha value is -3.39. The maximum absolute atomic E-state index is 12.4. The smallest absolute Gasteiger partial charge is 0.234 e. The van der Waals surface area contributed by atoms with E-state index in [1.165, 1.54) is 17.3 Å². The molecule has 164 valence electrons. The molecule has 0 saturated carbocycles. The maximum atomic E-state index is 12.4. The second kappa shape index (κ2) is 9.40. The topological polar surface area (TPSA) is 77.6 Å². The molecule has 0 radical (unpaired) electrons. The highest BCUT2D eigenvalue weighted by molar-refractivity contribution is 7.99. The second-order valence-electron chi connectivity index (χ2n) is 7.69. The third-order valence-electron chi connectivity index (χ3n) is 5.06. The van der Waals surface area contributed by atoms with Gasteiger partial charge in [-0.05, 0) is 38.5 Å². The molecule has 4 aromatic rings. The van der Waals surface area contributed by atoms with Crippen molar-refractivity contribution in [3.63, 3.8) is 0 Å². The van der Waals surface area contributed by atoms with Crippen molar-refractivity contribution in [2.45, 2.75) is 32.5 Å². The lowest BCUT2D eigenvalue weighted by Gasteiger charge is -2.08. The van der Waals surface area contributed by atoms with Gasteiger partial charge in [0.15, 0.2) is 11.0 Å². The number of amides is 1. The van der Waals surface area contributed by atoms with E-state index in [2.05, 4.69) is 51.8 Å². The summed E-state index contributed by atoms with van der Waals surface area (Å²) in [5.74, 6) is 0.927. The van der Waals surface area contributed by atoms with Crippen molar-refractivity contribution < 1.29 is 4.79 Å². The van der Waals surface area contributed by atoms with Gasteiger partial charge < -0.3 is 9.88 Å². The van der Waals surface area contributed by atoms with Gasteiger partial charge in [-0.1, -0.05) is 53.7 Å². The fourth-order valence-corrected chi connectivity index (χ4v) is 4.31. The number of nitrogens with zero attached hydrogens (tertiary/aromatic N) is 5. The number of hydrogen-bond acceptors (Lipinski definition) is 5. The van der Waals surface area contributed by atoms with Crippen LogP contribution < -0.4 is 5.32 Å². The van der Waals surface area contributed by atoms with Crippen LogP contribution in [0.2, 0.25) is 0 Å². The Morgan fingerprint density at radius 1 is 1.06 bits per heavy atom. The molecule has 4 rings (SSSR count). The van der Waals surface area contributed by atoms with Gasteiger partial charge in [0.1, 0.15) is 5.69 Å². The number of carbonyl (C=O) groups is 1. The lowest BCUT2D eigenvalue weighted by molar-refractivity contribution is -0.113. The van der Waals surface area contributed by atoms with E-state index in [-0.39, 0.29) is 11.7 Å². The Morgan fingerprint density at radius 2 is 1.84 bits per heavy atom. The van der Waals surface area contributed by atoms with Gasteiger partial charge >= 0.3 is 0 Å². The molecule has 0 aliphatic heterocycles. The van der Waals surface area contributed by atoms with Crippen molar-refractivity contribution in [3.05, 3.63) is 65.9 Å². The zero-order valence-electron chi connectivity index (χ0n) is 18.7. The Balaban J connectivity index is 1.55. The zero-order valence-corrected chi connectivity index (χ0v) is 19.5. The molecule has 0 bridgehead atoms. The van der Waals surface area contributed by atoms with Crippen molar-refractivity contribution in [2.75, 3.05) is 11.1 Å². The highest BCUT2D eigenvalue weighted by Crippen LogP contribution is 2.32. The summed E-state index contributed by atoms with van der Waals surface area (Å²) in [6.07, 6.45) is 1.96. The van der Waals surface area contributed by atoms with E-state index in [9.17, 15) is 4.79 Å². The monoisotopic (exact) mass is 446 g/mol. The van der Waals surface area contributed by atoms with Crippen molar-refractivity contribution in [2.24, 2.45) is 7.05 Å². The van der Waals surface area contributed by atoms with E-state index >= 15 is 0 Å². The van der Waals surface area contributed by atoms with Crippen molar-refractivity contribution >= 4 is 23.4 Å². The minimum atomic E-state index is -0.0745. The fourth-order valence-electron chi connectivity index (χ4n) is 3.51. The SMILES string of the molecule is CCn1c(SCC(=O)Nc2cccc(C)c2)nnc1-c1cn(C)nc1-c1ccc(C)cc1. The summed E-state index contributed by atoms with van der Waals surface area (Å²) in [5, 5.41) is 17.1. The first kappa shape index (κ1) is 21.8. The molecule has 0 unspecified atom stereocenters. The van der Waals surface area contributed by atoms with E-state index in [1.54, 1.807) is 4.68 Å². The minimum Gasteiger partial charge on any atom is -0.325 e. The third-order valence-corrected chi connectivity index (χ3v) is 6.03. The van der Waals surface area contributed by atoms with Crippen LogP contribution in [0.1, 0.15) is 18.1 Å². The van der Waals surface area contributed by atoms with Gasteiger partial charge in [0.25, 0.3) is 0 Å². The third kappa shape index (κ3) is 4.75. The normalized spacial score (nSPS) is 11.0. The lowest BCUT2D eigenvalue weighted by atomic mass is 10.1. The number of rotatable bonds is 7. The van der Waals surface area contributed by atoms with Crippen LogP contribution in [-0.4, -0.2) is 36.2 Å². The van der Waals surface area contributed by atoms with Gasteiger partial charge in [-0.3, -0.25) is 9.48 Å². The first-order valence-corrected chi connectivity index (χ1v) is 11.5. The Morgan fingerprint density at radius 3 is 2.56 bits per heavy atom. The number of anilines is 1. The van der Waals surface area contributed by atoms with Crippen LogP contribution >= 0.6 is 11.8 Å². The molecule has 0 fully saturated rings. The van der Waals surface area contributed by atoms with E-state index in [0.29, 0.717) is 11.7 Å². The second-order valence-corrected chi connectivity index (χ2v) is 8.63. The molecule has 8 heteroatoms. The molecule has 32 heavy (non-hydrogen) atoms. The van der Waals surface area contributed by atoms with Crippen LogP contribution in [0.3, 0.4) is 0 Å². The zero-order chi connectivity index (χ0) is 22.7. The molecule has 2 aromatic carbocycles. The van der Waals surface area contributed by atoms with Gasteiger partial charge in [0.05, 0.1) is 11.3 Å². The molecular formula is C24H26N6OS. The predicted octanol–water partition coefficient (Wildman–Crippen LogP) is 4.71. The van der Waals surface area contributed by atoms with E-state index < -0.39 is 0 Å². The molecule has 7 nitrogen and oxygen atoms in total. The van der Waals surface area contributed by atoms with Crippen LogP contribution in [0.4, 0.5) is 5.69 Å². The molecule has 0 spiro atoms. The number of thioether (sulfide) groups is 1. The van der Waals surface area contributed by atoms with E-state index in [4.69, 9.17) is 0 Å². The highest BCUT2D eigenvalue weighted by Gasteiger charge is 2.20. The summed E-state index contributed by atoms with van der Waals surface area (Å²) in [4.78, 5) is 12.4. The quantitative estimate of drug-likeness (QED) is 0.416. The van der Waals surface area contributed by atoms with Gasteiger partial charge in [0, 0.05) is 31.0 Å². The molecule has 0 saturated heterocycles. The number of aryl methyl sites for hydroxylation is 3. The summed E-state index contributed by atoms with van der Waals surface area (Å²) >= 11 is 1.38. The standard InChI is InChI=1S/C24H26N6OS/c1-5-30-23(20-14-29(4)28-22(20)18-11-9-16(2)10-12-18)26-27-24(30)32-15-21(31)25-19-8-6-7-17(3)13-19/h6-14H,5,15H2,1-4H3,(H,25,31). The Labute approximate surface area is 191 Å². The van der Waals surface area contributed by atoms with Crippen LogP contribution in [0.25, 0.3) is 22.6 Å². The molecule has 2 aromatic heterocycles. The van der Waals surface area contributed by atoms with Crippen molar-refractivity contribution in [1.82, 2.24) is 24.5 Å². The van der Waals surface area contributed by atoms with Gasteiger partial charge in [-0.2, -0.15) is 5.10 Å². The summed E-state index contributed by atoms with van der Waals surface area (Å²) in [7, 11) is 1.90. The Kier molecular flexibility index (Phi) is 6.41. The van der Waals surface area contributed by atoms with Gasteiger partial charge in [0.2, 0.25) is 5.91 Å². The minimum absolute atomic E-state index is 0.0745. The maximum Gasteiger partial charge on any atom is 0.234 e. The number of nitrogens with one attached hydrogen (secondary N) is 1. The molecule has 2 heterocycles. The molecular weight excluding hydrogens is 420 g/mol. The van der Waals surface area contributed by atoms with Crippen molar-refractivity contribution in [1.29, 1.82) is 0 Å². The molecule has 1 N–H and O–H groups in total. The molecule has 0 aliphatic carbocycles. The van der Waals surface area contributed by atoms with Crippen LogP contribution in [0.5, 0.6) is 0 Å². The summed E-state index contributed by atoms with van der Waals surface area (Å²) < 4.78 is 3.82. The summed E-state index contributed by atoms with van der Waals surface area (Å²) in [5.41, 5.74) is 5.91. The lowest BCUT2D eigenvalue weighted by Crippen LogP contribution is -2.14. The van der Waals surface area contributed by atoms with Crippen LogP contribution in [0, 0.1) is 13.8 Å². The average molecular weight is 447 g/mol. The summed E-state index contributed by atoms with van der Waals surface area (Å²) in [6, 6.07) is 16.1. The van der Waals surface area contributed by atoms with Crippen LogP contribution in [-0.2, 0) is 18.4 Å². The predicted molar refractivity (Wildman–Crippen MR) is 129 cm³/mol. The van der Waals surface area contributed by atoms with Crippen LogP contribution in [0.15, 0.2) is 59.9 Å². The number of benzene rings is 2. The van der Waals surface area contributed by atoms with Gasteiger partial charge in [-0.15, -0.1) is 10.2 Å². The summed E-state index contributed by atoms with van der Waals surface area (Å²) in [6.45, 7) is 6.80. The highest BCUT2D eigenvalue weighted by atomic mass is 32.2. The number of aromatic nitrogens is 5. The largest absolute Gasteiger partial charge is 0.325 e. The van der Waals surface area contributed by atoms with E-state index in [1.807, 2.05) is 55.9 Å². The first-order valence-electron chi connectivity index (χ1n) is 10.5. The van der Waals surface area contributed by atoms with E-state index in [0.717, 1.165) is 33.9 Å². The van der Waals surface area contributed by atoms with Gasteiger partial charge in [-0.25, -0.2) is 0 Å². The fraction of sp³-hybridized carbons (Fsp3) is 0.250. The number of hydrogen-bond donors (Lipinski definition) is 1. The Bertz CT molecular complexity index is 1240. The molecule has 0 aliphatic rings. The molecule has 1 amide bonds. The molecule has 0 atom stereocenters. The number of carbonyl (C=O) groups excluding carboxylic acids is 1. The average Bonchev–Trinajstić information content (AvgIpc) is 3.35. The first-order chi connectivity index (χ1) is 15.4.